The zero-order chi connectivity index (χ0) is 16.7. The molecule has 2 aromatic rings. The molecule has 0 saturated carbocycles. The van der Waals surface area contributed by atoms with Crippen molar-refractivity contribution in [3.8, 4) is 0 Å². The number of carbonyl (C=O) groups excluding carboxylic acids is 1. The summed E-state index contributed by atoms with van der Waals surface area (Å²) < 4.78 is 5.62. The van der Waals surface area contributed by atoms with Crippen LogP contribution in [0.15, 0.2) is 42.5 Å². The number of hydrogen-bond acceptors (Lipinski definition) is 4. The van der Waals surface area contributed by atoms with Crippen LogP contribution < -0.4 is 4.90 Å². The number of anilines is 1. The number of carbonyl (C=O) groups is 1. The lowest BCUT2D eigenvalue weighted by atomic mass is 9.96. The van der Waals surface area contributed by atoms with Gasteiger partial charge in [0.05, 0.1) is 11.7 Å². The molecule has 0 radical (unpaired) electrons. The second kappa shape index (κ2) is 5.95. The normalized spacial score (nSPS) is 22.6. The summed E-state index contributed by atoms with van der Waals surface area (Å²) >= 11 is 0. The maximum atomic E-state index is 12.3. The Hall–Kier alpha value is -2.33. The number of hydrogen-bond donors (Lipinski definition) is 1. The van der Waals surface area contributed by atoms with E-state index in [1.165, 1.54) is 11.1 Å². The SMILES string of the molecule is Cc1ccccc1CC1OC(=O)c2cc(N3CC[C@@H](O)C3)ccc21. The minimum atomic E-state index is -0.279. The Morgan fingerprint density at radius 3 is 2.83 bits per heavy atom. The van der Waals surface area contributed by atoms with E-state index >= 15 is 0 Å². The Morgan fingerprint density at radius 2 is 2.08 bits per heavy atom. The monoisotopic (exact) mass is 323 g/mol. The van der Waals surface area contributed by atoms with Gasteiger partial charge in [0.2, 0.25) is 0 Å². The van der Waals surface area contributed by atoms with E-state index in [9.17, 15) is 9.90 Å². The number of rotatable bonds is 3. The number of ether oxygens (including phenoxy) is 1. The first-order valence-corrected chi connectivity index (χ1v) is 8.44. The van der Waals surface area contributed by atoms with Gasteiger partial charge in [-0.05, 0) is 36.6 Å². The van der Waals surface area contributed by atoms with Crippen molar-refractivity contribution in [3.63, 3.8) is 0 Å². The van der Waals surface area contributed by atoms with Crippen LogP contribution in [-0.2, 0) is 11.2 Å². The summed E-state index contributed by atoms with van der Waals surface area (Å²) in [5.74, 6) is -0.245. The number of aliphatic hydroxyl groups excluding tert-OH is 1. The van der Waals surface area contributed by atoms with Crippen LogP contribution in [0.5, 0.6) is 0 Å². The van der Waals surface area contributed by atoms with Gasteiger partial charge in [-0.1, -0.05) is 30.3 Å². The van der Waals surface area contributed by atoms with Crippen LogP contribution in [0.1, 0.15) is 39.6 Å². The van der Waals surface area contributed by atoms with Crippen molar-refractivity contribution in [1.29, 1.82) is 0 Å². The molecule has 1 saturated heterocycles. The number of cyclic esters (lactones) is 1. The molecular weight excluding hydrogens is 302 g/mol. The highest BCUT2D eigenvalue weighted by atomic mass is 16.5. The highest BCUT2D eigenvalue weighted by Gasteiger charge is 2.32. The summed E-state index contributed by atoms with van der Waals surface area (Å²) in [6, 6.07) is 14.1. The van der Waals surface area contributed by atoms with E-state index < -0.39 is 0 Å². The van der Waals surface area contributed by atoms with E-state index in [0.29, 0.717) is 18.5 Å². The van der Waals surface area contributed by atoms with E-state index in [1.807, 2.05) is 30.3 Å². The molecule has 2 aromatic carbocycles. The zero-order valence-corrected chi connectivity index (χ0v) is 13.7. The predicted octanol–water partition coefficient (Wildman–Crippen LogP) is 3.02. The van der Waals surface area contributed by atoms with Crippen molar-refractivity contribution in [1.82, 2.24) is 0 Å². The number of aryl methyl sites for hydroxylation is 1. The van der Waals surface area contributed by atoms with Crippen LogP contribution in [0.25, 0.3) is 0 Å². The van der Waals surface area contributed by atoms with Gasteiger partial charge in [-0.2, -0.15) is 0 Å². The van der Waals surface area contributed by atoms with E-state index in [2.05, 4.69) is 24.0 Å². The van der Waals surface area contributed by atoms with Gasteiger partial charge >= 0.3 is 5.97 Å². The fourth-order valence-electron chi connectivity index (χ4n) is 3.62. The highest BCUT2D eigenvalue weighted by Crippen LogP contribution is 2.36. The molecule has 24 heavy (non-hydrogen) atoms. The Morgan fingerprint density at radius 1 is 1.25 bits per heavy atom. The zero-order valence-electron chi connectivity index (χ0n) is 13.7. The third-order valence-corrected chi connectivity index (χ3v) is 5.05. The average Bonchev–Trinajstić information content (AvgIpc) is 3.14. The molecule has 2 heterocycles. The number of fused-ring (bicyclic) bond motifs is 1. The molecule has 0 aromatic heterocycles. The molecule has 0 bridgehead atoms. The van der Waals surface area contributed by atoms with Gasteiger partial charge in [0.1, 0.15) is 6.10 Å². The lowest BCUT2D eigenvalue weighted by Crippen LogP contribution is -2.21. The Balaban J connectivity index is 1.60. The van der Waals surface area contributed by atoms with Gasteiger partial charge in [-0.25, -0.2) is 4.79 Å². The highest BCUT2D eigenvalue weighted by molar-refractivity contribution is 5.95. The number of aliphatic hydroxyl groups is 1. The number of benzene rings is 2. The minimum Gasteiger partial charge on any atom is -0.454 e. The number of esters is 1. The van der Waals surface area contributed by atoms with Crippen LogP contribution in [0.4, 0.5) is 5.69 Å². The van der Waals surface area contributed by atoms with Crippen LogP contribution in [0, 0.1) is 6.92 Å². The van der Waals surface area contributed by atoms with Gasteiger partial charge in [-0.15, -0.1) is 0 Å². The summed E-state index contributed by atoms with van der Waals surface area (Å²) in [5.41, 5.74) is 5.03. The molecule has 4 heteroatoms. The maximum absolute atomic E-state index is 12.3. The molecule has 1 unspecified atom stereocenters. The molecule has 2 aliphatic rings. The van der Waals surface area contributed by atoms with Crippen molar-refractivity contribution >= 4 is 11.7 Å². The van der Waals surface area contributed by atoms with Crippen LogP contribution >= 0.6 is 0 Å². The van der Waals surface area contributed by atoms with E-state index in [4.69, 9.17) is 4.74 Å². The summed E-state index contributed by atoms with van der Waals surface area (Å²) in [5, 5.41) is 9.71. The average molecular weight is 323 g/mol. The topological polar surface area (TPSA) is 49.8 Å². The Bertz CT molecular complexity index is 786. The van der Waals surface area contributed by atoms with E-state index in [0.717, 1.165) is 24.2 Å². The molecule has 2 atom stereocenters. The second-order valence-corrected chi connectivity index (χ2v) is 6.68. The molecule has 4 nitrogen and oxygen atoms in total. The maximum Gasteiger partial charge on any atom is 0.339 e. The first-order valence-electron chi connectivity index (χ1n) is 8.44. The molecule has 0 aliphatic carbocycles. The fraction of sp³-hybridized carbons (Fsp3) is 0.350. The fourth-order valence-corrected chi connectivity index (χ4v) is 3.62. The first kappa shape index (κ1) is 15.2. The van der Waals surface area contributed by atoms with Crippen molar-refractivity contribution in [2.45, 2.75) is 32.0 Å². The molecule has 1 N–H and O–H groups in total. The first-order chi connectivity index (χ1) is 11.6. The molecule has 2 aliphatic heterocycles. The summed E-state index contributed by atoms with van der Waals surface area (Å²) in [6.45, 7) is 3.52. The summed E-state index contributed by atoms with van der Waals surface area (Å²) in [6.07, 6.45) is 0.982. The third kappa shape index (κ3) is 2.67. The lowest BCUT2D eigenvalue weighted by Gasteiger charge is -2.18. The van der Waals surface area contributed by atoms with Crippen molar-refractivity contribution in [2.24, 2.45) is 0 Å². The molecule has 1 fully saturated rings. The smallest absolute Gasteiger partial charge is 0.339 e. The van der Waals surface area contributed by atoms with Gasteiger partial charge in [-0.3, -0.25) is 0 Å². The third-order valence-electron chi connectivity index (χ3n) is 5.05. The summed E-state index contributed by atoms with van der Waals surface area (Å²) in [4.78, 5) is 14.4. The lowest BCUT2D eigenvalue weighted by molar-refractivity contribution is 0.0387. The quantitative estimate of drug-likeness (QED) is 0.882. The van der Waals surface area contributed by atoms with Crippen LogP contribution in [0.3, 0.4) is 0 Å². The van der Waals surface area contributed by atoms with Crippen LogP contribution in [0.2, 0.25) is 0 Å². The predicted molar refractivity (Wildman–Crippen MR) is 92.3 cm³/mol. The largest absolute Gasteiger partial charge is 0.454 e. The molecule has 0 spiro atoms. The van der Waals surface area contributed by atoms with Gasteiger partial charge < -0.3 is 14.7 Å². The van der Waals surface area contributed by atoms with Crippen LogP contribution in [-0.4, -0.2) is 30.3 Å². The van der Waals surface area contributed by atoms with E-state index in [1.54, 1.807) is 0 Å². The molecule has 124 valence electrons. The van der Waals surface area contributed by atoms with E-state index in [-0.39, 0.29) is 18.2 Å². The van der Waals surface area contributed by atoms with Crippen molar-refractivity contribution < 1.29 is 14.6 Å². The minimum absolute atomic E-state index is 0.216. The number of β-amino-alcohol motifs (C(OH)–C–C–N with tert-alkyl or cyclic N) is 1. The summed E-state index contributed by atoms with van der Waals surface area (Å²) in [7, 11) is 0. The molecule has 0 amide bonds. The van der Waals surface area contributed by atoms with Gasteiger partial charge in [0.15, 0.2) is 0 Å². The molecular formula is C20H21NO3. The Kier molecular flexibility index (Phi) is 3.77. The van der Waals surface area contributed by atoms with Crippen molar-refractivity contribution in [3.05, 3.63) is 64.7 Å². The number of nitrogens with zero attached hydrogens (tertiary/aromatic N) is 1. The van der Waals surface area contributed by atoms with Crippen molar-refractivity contribution in [2.75, 3.05) is 18.0 Å². The Labute approximate surface area is 141 Å². The molecule has 4 rings (SSSR count). The standard InChI is InChI=1S/C20H21NO3/c1-13-4-2-3-5-14(13)10-19-17-7-6-15(11-18(17)20(23)24-19)21-9-8-16(22)12-21/h2-7,11,16,19,22H,8-10,12H2,1H3/t16-,19?/m1/s1. The second-order valence-electron chi connectivity index (χ2n) is 6.68. The van der Waals surface area contributed by atoms with Gasteiger partial charge in [0, 0.05) is 30.8 Å². The van der Waals surface area contributed by atoms with Gasteiger partial charge in [0.25, 0.3) is 0 Å².